The third-order valence-electron chi connectivity index (χ3n) is 4.49. The Hall–Kier alpha value is -3.16. The van der Waals surface area contributed by atoms with E-state index in [9.17, 15) is 13.2 Å². The summed E-state index contributed by atoms with van der Waals surface area (Å²) in [6.07, 6.45) is 0. The lowest BCUT2D eigenvalue weighted by molar-refractivity contribution is -0.118. The number of carbonyl (C=O) groups excluding carboxylic acids is 1. The molecule has 0 aromatic heterocycles. The van der Waals surface area contributed by atoms with Gasteiger partial charge in [-0.25, -0.2) is 8.42 Å². The van der Waals surface area contributed by atoms with Gasteiger partial charge in [-0.1, -0.05) is 48.0 Å². The zero-order chi connectivity index (χ0) is 21.6. The van der Waals surface area contributed by atoms with Crippen LogP contribution in [-0.4, -0.2) is 32.3 Å². The summed E-state index contributed by atoms with van der Waals surface area (Å²) in [5.74, 6) is 0.283. The summed E-state index contributed by atoms with van der Waals surface area (Å²) in [4.78, 5) is 12.2. The molecule has 156 valence electrons. The van der Waals surface area contributed by atoms with E-state index in [2.05, 4.69) is 5.32 Å². The van der Waals surface area contributed by atoms with Gasteiger partial charge in [-0.15, -0.1) is 0 Å². The fourth-order valence-corrected chi connectivity index (χ4v) is 3.96. The van der Waals surface area contributed by atoms with Gasteiger partial charge in [0.15, 0.2) is 6.61 Å². The smallest absolute Gasteiger partial charge is 0.262 e. The van der Waals surface area contributed by atoms with Crippen LogP contribution in [0.25, 0.3) is 0 Å². The normalized spacial score (nSPS) is 11.3. The van der Waals surface area contributed by atoms with E-state index in [1.165, 1.54) is 16.4 Å². The van der Waals surface area contributed by atoms with Gasteiger partial charge in [0.25, 0.3) is 5.91 Å². The molecule has 0 saturated heterocycles. The van der Waals surface area contributed by atoms with Crippen LogP contribution in [-0.2, 0) is 21.4 Å². The predicted molar refractivity (Wildman–Crippen MR) is 117 cm³/mol. The molecule has 0 saturated carbocycles. The van der Waals surface area contributed by atoms with Crippen molar-refractivity contribution in [2.75, 3.05) is 19.0 Å². The lowest BCUT2D eigenvalue weighted by Crippen LogP contribution is -2.26. The van der Waals surface area contributed by atoms with Crippen LogP contribution >= 0.6 is 0 Å². The number of sulfonamides is 1. The van der Waals surface area contributed by atoms with Gasteiger partial charge in [0.2, 0.25) is 10.0 Å². The van der Waals surface area contributed by atoms with Crippen LogP contribution in [0.1, 0.15) is 11.1 Å². The maximum atomic E-state index is 12.8. The molecule has 1 N–H and O–H groups in total. The summed E-state index contributed by atoms with van der Waals surface area (Å²) in [7, 11) is -2.09. The number of benzene rings is 3. The number of nitrogens with zero attached hydrogens (tertiary/aromatic N) is 1. The Morgan fingerprint density at radius 3 is 2.20 bits per heavy atom. The highest BCUT2D eigenvalue weighted by molar-refractivity contribution is 7.89. The first kappa shape index (κ1) is 21.5. The molecule has 6 nitrogen and oxygen atoms in total. The molecule has 0 aliphatic rings. The minimum Gasteiger partial charge on any atom is -0.484 e. The van der Waals surface area contributed by atoms with E-state index < -0.39 is 10.0 Å². The molecule has 30 heavy (non-hydrogen) atoms. The third-order valence-corrected chi connectivity index (χ3v) is 6.30. The molecule has 3 rings (SSSR count). The number of hydrogen-bond donors (Lipinski definition) is 1. The second kappa shape index (κ2) is 9.56. The SMILES string of the molecule is Cc1ccc(OCC(=O)Nc2ccc(S(=O)(=O)N(C)Cc3ccccc3)cc2)cc1. The number of anilines is 1. The average molecular weight is 425 g/mol. The molecule has 0 radical (unpaired) electrons. The number of aryl methyl sites for hydroxylation is 1. The highest BCUT2D eigenvalue weighted by atomic mass is 32.2. The summed E-state index contributed by atoms with van der Waals surface area (Å²) in [5, 5.41) is 2.70. The second-order valence-corrected chi connectivity index (χ2v) is 8.97. The van der Waals surface area contributed by atoms with Crippen LogP contribution in [0.2, 0.25) is 0 Å². The Labute approximate surface area is 177 Å². The number of nitrogens with one attached hydrogen (secondary N) is 1. The van der Waals surface area contributed by atoms with Gasteiger partial charge in [-0.2, -0.15) is 4.31 Å². The van der Waals surface area contributed by atoms with Crippen molar-refractivity contribution in [1.82, 2.24) is 4.31 Å². The molecule has 0 aliphatic heterocycles. The number of ether oxygens (including phenoxy) is 1. The fourth-order valence-electron chi connectivity index (χ4n) is 2.80. The second-order valence-electron chi connectivity index (χ2n) is 6.92. The van der Waals surface area contributed by atoms with Crippen LogP contribution < -0.4 is 10.1 Å². The van der Waals surface area contributed by atoms with Gasteiger partial charge < -0.3 is 10.1 Å². The molecule has 3 aromatic carbocycles. The average Bonchev–Trinajstić information content (AvgIpc) is 2.74. The van der Waals surface area contributed by atoms with Crippen molar-refractivity contribution in [2.45, 2.75) is 18.4 Å². The molecule has 0 spiro atoms. The van der Waals surface area contributed by atoms with Crippen molar-refractivity contribution in [3.8, 4) is 5.75 Å². The quantitative estimate of drug-likeness (QED) is 0.596. The Kier molecular flexibility index (Phi) is 6.87. The third kappa shape index (κ3) is 5.68. The lowest BCUT2D eigenvalue weighted by Gasteiger charge is -2.17. The van der Waals surface area contributed by atoms with Crippen molar-refractivity contribution in [2.24, 2.45) is 0 Å². The van der Waals surface area contributed by atoms with E-state index >= 15 is 0 Å². The van der Waals surface area contributed by atoms with E-state index in [0.717, 1.165) is 11.1 Å². The summed E-state index contributed by atoms with van der Waals surface area (Å²) < 4.78 is 32.3. The Bertz CT molecular complexity index is 1080. The molecular weight excluding hydrogens is 400 g/mol. The highest BCUT2D eigenvalue weighted by Crippen LogP contribution is 2.19. The summed E-state index contributed by atoms with van der Waals surface area (Å²) in [5.41, 5.74) is 2.51. The van der Waals surface area contributed by atoms with Crippen molar-refractivity contribution in [3.63, 3.8) is 0 Å². The van der Waals surface area contributed by atoms with Crippen LogP contribution in [0, 0.1) is 6.92 Å². The monoisotopic (exact) mass is 424 g/mol. The number of carbonyl (C=O) groups is 1. The molecule has 0 unspecified atom stereocenters. The first-order valence-electron chi connectivity index (χ1n) is 9.44. The summed E-state index contributed by atoms with van der Waals surface area (Å²) in [6, 6.07) is 22.9. The molecule has 0 bridgehead atoms. The van der Waals surface area contributed by atoms with Crippen molar-refractivity contribution in [3.05, 3.63) is 90.0 Å². The Morgan fingerprint density at radius 2 is 1.57 bits per heavy atom. The number of hydrogen-bond acceptors (Lipinski definition) is 4. The molecule has 7 heteroatoms. The Morgan fingerprint density at radius 1 is 0.933 bits per heavy atom. The maximum Gasteiger partial charge on any atom is 0.262 e. The summed E-state index contributed by atoms with van der Waals surface area (Å²) >= 11 is 0. The minimum atomic E-state index is -3.64. The fraction of sp³-hybridized carbons (Fsp3) is 0.174. The van der Waals surface area contributed by atoms with Gasteiger partial charge in [-0.3, -0.25) is 4.79 Å². The van der Waals surface area contributed by atoms with Gasteiger partial charge in [0.1, 0.15) is 5.75 Å². The zero-order valence-electron chi connectivity index (χ0n) is 16.9. The van der Waals surface area contributed by atoms with E-state index in [1.807, 2.05) is 49.4 Å². The first-order valence-corrected chi connectivity index (χ1v) is 10.9. The highest BCUT2D eigenvalue weighted by Gasteiger charge is 2.20. The van der Waals surface area contributed by atoms with Gasteiger partial charge in [0, 0.05) is 19.3 Å². The Balaban J connectivity index is 1.58. The molecular formula is C23H24N2O4S. The van der Waals surface area contributed by atoms with E-state index in [0.29, 0.717) is 11.4 Å². The molecule has 0 fully saturated rings. The number of amides is 1. The topological polar surface area (TPSA) is 75.7 Å². The molecule has 0 aliphatic carbocycles. The standard InChI is InChI=1S/C23H24N2O4S/c1-18-8-12-21(13-9-18)29-17-23(26)24-20-10-14-22(15-11-20)30(27,28)25(2)16-19-6-4-3-5-7-19/h3-15H,16-17H2,1-2H3,(H,24,26). The largest absolute Gasteiger partial charge is 0.484 e. The van der Waals surface area contributed by atoms with Gasteiger partial charge in [-0.05, 0) is 48.9 Å². The van der Waals surface area contributed by atoms with Gasteiger partial charge >= 0.3 is 0 Å². The zero-order valence-corrected chi connectivity index (χ0v) is 17.7. The van der Waals surface area contributed by atoms with Crippen LogP contribution in [0.15, 0.2) is 83.8 Å². The maximum absolute atomic E-state index is 12.8. The summed E-state index contributed by atoms with van der Waals surface area (Å²) in [6.45, 7) is 2.11. The first-order chi connectivity index (χ1) is 14.3. The molecule has 0 atom stereocenters. The van der Waals surface area contributed by atoms with E-state index in [1.54, 1.807) is 31.3 Å². The number of rotatable bonds is 8. The van der Waals surface area contributed by atoms with E-state index in [4.69, 9.17) is 4.74 Å². The molecule has 3 aromatic rings. The van der Waals surface area contributed by atoms with Crippen molar-refractivity contribution < 1.29 is 17.9 Å². The van der Waals surface area contributed by atoms with E-state index in [-0.39, 0.29) is 24.0 Å². The van der Waals surface area contributed by atoms with Crippen molar-refractivity contribution in [1.29, 1.82) is 0 Å². The van der Waals surface area contributed by atoms with Crippen LogP contribution in [0.4, 0.5) is 5.69 Å². The minimum absolute atomic E-state index is 0.136. The molecule has 1 amide bonds. The predicted octanol–water partition coefficient (Wildman–Crippen LogP) is 3.83. The lowest BCUT2D eigenvalue weighted by atomic mass is 10.2. The van der Waals surface area contributed by atoms with Crippen LogP contribution in [0.3, 0.4) is 0 Å². The van der Waals surface area contributed by atoms with Gasteiger partial charge in [0.05, 0.1) is 4.90 Å². The van der Waals surface area contributed by atoms with Crippen molar-refractivity contribution >= 4 is 21.6 Å². The molecule has 0 heterocycles. The van der Waals surface area contributed by atoms with Crippen LogP contribution in [0.5, 0.6) is 5.75 Å².